The molecular weight excluding hydrogens is 398 g/mol. The summed E-state index contributed by atoms with van der Waals surface area (Å²) < 4.78 is 10.3. The topological polar surface area (TPSA) is 97.0 Å². The monoisotopic (exact) mass is 433 g/mol. The lowest BCUT2D eigenvalue weighted by molar-refractivity contribution is -0.132. The second-order valence-electron chi connectivity index (χ2n) is 8.84. The first-order valence-electron chi connectivity index (χ1n) is 10.8. The predicted octanol–water partition coefficient (Wildman–Crippen LogP) is 2.51. The number of alkyl carbamates (subject to hydrolysis) is 1. The smallest absolute Gasteiger partial charge is 0.407 e. The van der Waals surface area contributed by atoms with Gasteiger partial charge in [-0.25, -0.2) is 4.79 Å². The van der Waals surface area contributed by atoms with Gasteiger partial charge in [-0.2, -0.15) is 0 Å². The number of ether oxygens (including phenoxy) is 2. The summed E-state index contributed by atoms with van der Waals surface area (Å²) >= 11 is 0. The van der Waals surface area contributed by atoms with E-state index in [4.69, 9.17) is 9.47 Å². The van der Waals surface area contributed by atoms with E-state index in [1.807, 2.05) is 29.2 Å². The zero-order valence-corrected chi connectivity index (χ0v) is 19.0. The minimum Gasteiger partial charge on any atom is -0.497 e. The normalized spacial score (nSPS) is 14.6. The molecule has 0 spiro atoms. The van der Waals surface area contributed by atoms with Crippen molar-refractivity contribution in [3.63, 3.8) is 0 Å². The first kappa shape index (κ1) is 24.5. The molecule has 1 aliphatic rings. The van der Waals surface area contributed by atoms with Crippen molar-refractivity contribution in [2.24, 2.45) is 5.92 Å². The van der Waals surface area contributed by atoms with Crippen LogP contribution in [0, 0.1) is 5.92 Å². The van der Waals surface area contributed by atoms with E-state index in [2.05, 4.69) is 10.6 Å². The second kappa shape index (κ2) is 11.6. The molecule has 31 heavy (non-hydrogen) atoms. The number of likely N-dealkylation sites (tertiary alicyclic amines) is 1. The minimum atomic E-state index is -0.559. The highest BCUT2D eigenvalue weighted by atomic mass is 16.6. The van der Waals surface area contributed by atoms with E-state index in [1.165, 1.54) is 0 Å². The van der Waals surface area contributed by atoms with Gasteiger partial charge in [0.2, 0.25) is 11.8 Å². The van der Waals surface area contributed by atoms with Crippen LogP contribution in [0.5, 0.6) is 5.75 Å². The van der Waals surface area contributed by atoms with Crippen LogP contribution in [0.2, 0.25) is 0 Å². The van der Waals surface area contributed by atoms with Gasteiger partial charge in [-0.1, -0.05) is 12.1 Å². The van der Waals surface area contributed by atoms with Crippen LogP contribution >= 0.6 is 0 Å². The maximum atomic E-state index is 12.6. The summed E-state index contributed by atoms with van der Waals surface area (Å²) in [6.45, 7) is 7.58. The molecule has 2 N–H and O–H groups in total. The molecule has 0 saturated carbocycles. The van der Waals surface area contributed by atoms with Crippen LogP contribution in [0.4, 0.5) is 4.79 Å². The number of nitrogens with one attached hydrogen (secondary N) is 2. The third-order valence-corrected chi connectivity index (χ3v) is 5.06. The SMILES string of the molecule is COc1cccc(CC(=O)N2CCC(CNC(=O)CCNC(=O)OC(C)(C)C)CC2)c1. The van der Waals surface area contributed by atoms with Gasteiger partial charge >= 0.3 is 6.09 Å². The Kier molecular flexibility index (Phi) is 9.15. The average Bonchev–Trinajstić information content (AvgIpc) is 2.71. The number of hydrogen-bond donors (Lipinski definition) is 2. The van der Waals surface area contributed by atoms with Crippen molar-refractivity contribution in [2.45, 2.75) is 52.1 Å². The summed E-state index contributed by atoms with van der Waals surface area (Å²) in [5.74, 6) is 1.11. The lowest BCUT2D eigenvalue weighted by atomic mass is 9.96. The van der Waals surface area contributed by atoms with E-state index in [-0.39, 0.29) is 24.8 Å². The number of amides is 3. The second-order valence-corrected chi connectivity index (χ2v) is 8.84. The molecular formula is C23H35N3O5. The average molecular weight is 434 g/mol. The Morgan fingerprint density at radius 2 is 1.84 bits per heavy atom. The molecule has 0 aromatic heterocycles. The zero-order valence-electron chi connectivity index (χ0n) is 19.0. The highest BCUT2D eigenvalue weighted by Gasteiger charge is 2.23. The first-order valence-corrected chi connectivity index (χ1v) is 10.8. The number of carbonyl (C=O) groups excluding carboxylic acids is 3. The van der Waals surface area contributed by atoms with Crippen LogP contribution in [0.25, 0.3) is 0 Å². The quantitative estimate of drug-likeness (QED) is 0.657. The van der Waals surface area contributed by atoms with Crippen LogP contribution in [0.15, 0.2) is 24.3 Å². The number of rotatable bonds is 8. The van der Waals surface area contributed by atoms with Gasteiger partial charge < -0.3 is 25.0 Å². The van der Waals surface area contributed by atoms with Gasteiger partial charge in [-0.15, -0.1) is 0 Å². The summed E-state index contributed by atoms with van der Waals surface area (Å²) in [5.41, 5.74) is 0.384. The van der Waals surface area contributed by atoms with Crippen LogP contribution < -0.4 is 15.4 Å². The molecule has 2 rings (SSSR count). The standard InChI is InChI=1S/C23H35N3O5/c1-23(2,3)31-22(29)24-11-8-20(27)25-16-17-9-12-26(13-10-17)21(28)15-18-6-5-7-19(14-18)30-4/h5-7,14,17H,8-13,15-16H2,1-4H3,(H,24,29)(H,25,27). The van der Waals surface area contributed by atoms with Crippen molar-refractivity contribution in [1.82, 2.24) is 15.5 Å². The summed E-state index contributed by atoms with van der Waals surface area (Å²) in [6, 6.07) is 7.57. The van der Waals surface area contributed by atoms with Gasteiger partial charge in [0.05, 0.1) is 13.5 Å². The molecule has 0 radical (unpaired) electrons. The van der Waals surface area contributed by atoms with Gasteiger partial charge in [-0.3, -0.25) is 9.59 Å². The Hall–Kier alpha value is -2.77. The number of benzene rings is 1. The third-order valence-electron chi connectivity index (χ3n) is 5.06. The Morgan fingerprint density at radius 1 is 1.13 bits per heavy atom. The molecule has 0 unspecified atom stereocenters. The van der Waals surface area contributed by atoms with Gasteiger partial charge in [0, 0.05) is 32.6 Å². The van der Waals surface area contributed by atoms with Gasteiger partial charge in [0.1, 0.15) is 11.4 Å². The summed E-state index contributed by atoms with van der Waals surface area (Å²) in [7, 11) is 1.61. The predicted molar refractivity (Wildman–Crippen MR) is 118 cm³/mol. The first-order chi connectivity index (χ1) is 14.7. The lowest BCUT2D eigenvalue weighted by Crippen LogP contribution is -2.42. The van der Waals surface area contributed by atoms with E-state index >= 15 is 0 Å². The van der Waals surface area contributed by atoms with Crippen LogP contribution in [-0.2, 0) is 20.7 Å². The molecule has 0 bridgehead atoms. The summed E-state index contributed by atoms with van der Waals surface area (Å²) in [4.78, 5) is 38.0. The fraction of sp³-hybridized carbons (Fsp3) is 0.609. The molecule has 3 amide bonds. The van der Waals surface area contributed by atoms with Gasteiger partial charge in [-0.05, 0) is 57.2 Å². The van der Waals surface area contributed by atoms with E-state index in [0.717, 1.165) is 24.2 Å². The fourth-order valence-corrected chi connectivity index (χ4v) is 3.39. The molecule has 172 valence electrons. The molecule has 0 atom stereocenters. The van der Waals surface area contributed by atoms with Crippen molar-refractivity contribution in [3.05, 3.63) is 29.8 Å². The van der Waals surface area contributed by atoms with Crippen LogP contribution in [-0.4, -0.2) is 61.7 Å². The van der Waals surface area contributed by atoms with Gasteiger partial charge in [0.15, 0.2) is 0 Å². The fourth-order valence-electron chi connectivity index (χ4n) is 3.39. The Bertz CT molecular complexity index is 752. The van der Waals surface area contributed by atoms with Gasteiger partial charge in [0.25, 0.3) is 0 Å². The highest BCUT2D eigenvalue weighted by Crippen LogP contribution is 2.19. The maximum Gasteiger partial charge on any atom is 0.407 e. The van der Waals surface area contributed by atoms with Crippen molar-refractivity contribution < 1.29 is 23.9 Å². The summed E-state index contributed by atoms with van der Waals surface area (Å²) in [5, 5.41) is 5.50. The van der Waals surface area contributed by atoms with Crippen molar-refractivity contribution in [1.29, 1.82) is 0 Å². The van der Waals surface area contributed by atoms with E-state index in [0.29, 0.717) is 32.0 Å². The number of methoxy groups -OCH3 is 1. The molecule has 8 heteroatoms. The van der Waals surface area contributed by atoms with Crippen LogP contribution in [0.3, 0.4) is 0 Å². The summed E-state index contributed by atoms with van der Waals surface area (Å²) in [6.07, 6.45) is 1.77. The van der Waals surface area contributed by atoms with E-state index < -0.39 is 11.7 Å². The Morgan fingerprint density at radius 3 is 2.48 bits per heavy atom. The molecule has 1 heterocycles. The molecule has 8 nitrogen and oxygen atoms in total. The molecule has 0 aliphatic carbocycles. The Labute approximate surface area is 184 Å². The molecule has 1 fully saturated rings. The van der Waals surface area contributed by atoms with E-state index in [9.17, 15) is 14.4 Å². The third kappa shape index (κ3) is 9.27. The van der Waals surface area contributed by atoms with E-state index in [1.54, 1.807) is 27.9 Å². The van der Waals surface area contributed by atoms with Crippen molar-refractivity contribution in [2.75, 3.05) is 33.3 Å². The molecule has 1 aromatic carbocycles. The molecule has 1 aliphatic heterocycles. The van der Waals surface area contributed by atoms with Crippen molar-refractivity contribution in [3.8, 4) is 5.75 Å². The maximum absolute atomic E-state index is 12.6. The zero-order chi connectivity index (χ0) is 22.9. The molecule has 1 aromatic rings. The highest BCUT2D eigenvalue weighted by molar-refractivity contribution is 5.79. The lowest BCUT2D eigenvalue weighted by Gasteiger charge is -2.32. The Balaban J connectivity index is 1.62. The van der Waals surface area contributed by atoms with Crippen LogP contribution in [0.1, 0.15) is 45.6 Å². The largest absolute Gasteiger partial charge is 0.497 e. The van der Waals surface area contributed by atoms with Crippen molar-refractivity contribution >= 4 is 17.9 Å². The number of hydrogen-bond acceptors (Lipinski definition) is 5. The molecule has 1 saturated heterocycles. The number of piperidine rings is 1. The number of carbonyl (C=O) groups is 3. The minimum absolute atomic E-state index is 0.104. The number of nitrogens with zero attached hydrogens (tertiary/aromatic N) is 1.